The smallest absolute Gasteiger partial charge is 0.252 e. The van der Waals surface area contributed by atoms with Crippen LogP contribution in [0.1, 0.15) is 38.8 Å². The Bertz CT molecular complexity index is 1680. The quantitative estimate of drug-likeness (QED) is 0.347. The number of nitrogens with one attached hydrogen (secondary N) is 1. The predicted octanol–water partition coefficient (Wildman–Crippen LogP) is 6.37. The minimum absolute atomic E-state index is 0.0860. The number of fused-ring (bicyclic) bond motifs is 5. The fourth-order valence-electron chi connectivity index (χ4n) is 5.40. The first-order valence-corrected chi connectivity index (χ1v) is 11.8. The van der Waals surface area contributed by atoms with Crippen molar-refractivity contribution in [1.29, 1.82) is 0 Å². The summed E-state index contributed by atoms with van der Waals surface area (Å²) in [4.78, 5) is 22.9. The van der Waals surface area contributed by atoms with E-state index in [4.69, 9.17) is 4.98 Å². The van der Waals surface area contributed by atoms with Gasteiger partial charge in [0.2, 0.25) is 0 Å². The topological polar surface area (TPSA) is 54.9 Å². The SMILES string of the molecule is O=C(NC1c2ccccc2-c2c(-c3ccc4ccccc4n3)cccc21)c1ccnc2c1C=CC2. The third-order valence-electron chi connectivity index (χ3n) is 7.01. The maximum atomic E-state index is 13.5. The zero-order valence-corrected chi connectivity index (χ0v) is 18.9. The number of nitrogens with zero attached hydrogens (tertiary/aromatic N) is 2. The van der Waals surface area contributed by atoms with E-state index in [1.54, 1.807) is 12.3 Å². The summed E-state index contributed by atoms with van der Waals surface area (Å²) in [5.41, 5.74) is 9.98. The summed E-state index contributed by atoms with van der Waals surface area (Å²) in [6.07, 6.45) is 6.54. The highest BCUT2D eigenvalue weighted by atomic mass is 16.1. The molecular formula is C31H21N3O. The molecule has 4 nitrogen and oxygen atoms in total. The molecule has 0 radical (unpaired) electrons. The highest BCUT2D eigenvalue weighted by molar-refractivity contribution is 6.00. The van der Waals surface area contributed by atoms with Crippen molar-refractivity contribution in [3.63, 3.8) is 0 Å². The molecule has 0 saturated carbocycles. The van der Waals surface area contributed by atoms with Crippen LogP contribution in [0.4, 0.5) is 0 Å². The molecule has 2 aliphatic rings. The molecule has 0 saturated heterocycles. The van der Waals surface area contributed by atoms with Gasteiger partial charge in [-0.25, -0.2) is 4.98 Å². The summed E-state index contributed by atoms with van der Waals surface area (Å²) in [6.45, 7) is 0. The summed E-state index contributed by atoms with van der Waals surface area (Å²) in [6, 6.07) is 28.6. The Balaban J connectivity index is 1.35. The van der Waals surface area contributed by atoms with Gasteiger partial charge in [0.05, 0.1) is 22.9 Å². The van der Waals surface area contributed by atoms with Crippen molar-refractivity contribution >= 4 is 22.9 Å². The summed E-state index contributed by atoms with van der Waals surface area (Å²) < 4.78 is 0. The van der Waals surface area contributed by atoms with Crippen molar-refractivity contribution in [3.05, 3.63) is 125 Å². The van der Waals surface area contributed by atoms with E-state index in [9.17, 15) is 4.79 Å². The summed E-state index contributed by atoms with van der Waals surface area (Å²) in [7, 11) is 0. The molecule has 166 valence electrons. The number of hydrogen-bond donors (Lipinski definition) is 1. The van der Waals surface area contributed by atoms with Gasteiger partial charge < -0.3 is 5.32 Å². The van der Waals surface area contributed by atoms with E-state index in [1.807, 2.05) is 30.3 Å². The number of pyridine rings is 2. The molecule has 0 spiro atoms. The zero-order chi connectivity index (χ0) is 23.4. The second kappa shape index (κ2) is 7.74. The largest absolute Gasteiger partial charge is 0.341 e. The molecule has 7 rings (SSSR count). The molecule has 0 bridgehead atoms. The maximum absolute atomic E-state index is 13.5. The average Bonchev–Trinajstić information content (AvgIpc) is 3.51. The van der Waals surface area contributed by atoms with Crippen molar-refractivity contribution in [2.75, 3.05) is 0 Å². The van der Waals surface area contributed by atoms with E-state index in [0.29, 0.717) is 5.56 Å². The first kappa shape index (κ1) is 19.9. The Morgan fingerprint density at radius 2 is 1.66 bits per heavy atom. The van der Waals surface area contributed by atoms with E-state index in [1.165, 1.54) is 0 Å². The fourth-order valence-corrected chi connectivity index (χ4v) is 5.40. The van der Waals surface area contributed by atoms with E-state index < -0.39 is 0 Å². The Kier molecular flexibility index (Phi) is 4.39. The van der Waals surface area contributed by atoms with Gasteiger partial charge in [0.25, 0.3) is 5.91 Å². The van der Waals surface area contributed by atoms with Crippen molar-refractivity contribution in [1.82, 2.24) is 15.3 Å². The van der Waals surface area contributed by atoms with Crippen LogP contribution in [0.15, 0.2) is 97.2 Å². The van der Waals surface area contributed by atoms with Crippen LogP contribution in [-0.2, 0) is 6.42 Å². The Morgan fingerprint density at radius 3 is 2.63 bits per heavy atom. The molecule has 0 fully saturated rings. The van der Waals surface area contributed by atoms with Gasteiger partial charge in [0, 0.05) is 34.7 Å². The molecule has 2 aromatic heterocycles. The Hall–Kier alpha value is -4.57. The van der Waals surface area contributed by atoms with Crippen LogP contribution in [0.25, 0.3) is 39.4 Å². The lowest BCUT2D eigenvalue weighted by Gasteiger charge is -2.17. The number of amides is 1. The summed E-state index contributed by atoms with van der Waals surface area (Å²) in [5.74, 6) is -0.0860. The lowest BCUT2D eigenvalue weighted by Crippen LogP contribution is -2.28. The molecule has 2 aliphatic carbocycles. The van der Waals surface area contributed by atoms with Crippen LogP contribution in [0.2, 0.25) is 0 Å². The third-order valence-corrected chi connectivity index (χ3v) is 7.01. The number of allylic oxidation sites excluding steroid dienone is 1. The first-order chi connectivity index (χ1) is 17.3. The average molecular weight is 452 g/mol. The lowest BCUT2D eigenvalue weighted by molar-refractivity contribution is 0.0943. The van der Waals surface area contributed by atoms with Gasteiger partial charge in [-0.05, 0) is 40.5 Å². The molecule has 1 N–H and O–H groups in total. The second-order valence-electron chi connectivity index (χ2n) is 8.98. The monoisotopic (exact) mass is 451 g/mol. The molecule has 0 aliphatic heterocycles. The number of hydrogen-bond acceptors (Lipinski definition) is 3. The Labute approximate surface area is 203 Å². The van der Waals surface area contributed by atoms with Gasteiger partial charge in [-0.2, -0.15) is 0 Å². The molecule has 1 unspecified atom stereocenters. The predicted molar refractivity (Wildman–Crippen MR) is 139 cm³/mol. The lowest BCUT2D eigenvalue weighted by atomic mass is 9.96. The van der Waals surface area contributed by atoms with Crippen LogP contribution >= 0.6 is 0 Å². The number of carbonyl (C=O) groups excluding carboxylic acids is 1. The number of carbonyl (C=O) groups is 1. The van der Waals surface area contributed by atoms with Gasteiger partial charge >= 0.3 is 0 Å². The van der Waals surface area contributed by atoms with E-state index in [0.717, 1.165) is 62.1 Å². The van der Waals surface area contributed by atoms with Crippen molar-refractivity contribution in [3.8, 4) is 22.4 Å². The molecule has 5 aromatic rings. The van der Waals surface area contributed by atoms with Gasteiger partial charge in [0.1, 0.15) is 0 Å². The molecule has 35 heavy (non-hydrogen) atoms. The minimum atomic E-state index is -0.233. The van der Waals surface area contributed by atoms with Crippen molar-refractivity contribution in [2.24, 2.45) is 0 Å². The fraction of sp³-hybridized carbons (Fsp3) is 0.0645. The number of rotatable bonds is 3. The normalized spacial score (nSPS) is 15.0. The number of para-hydroxylation sites is 1. The highest BCUT2D eigenvalue weighted by Gasteiger charge is 2.32. The van der Waals surface area contributed by atoms with Crippen LogP contribution < -0.4 is 5.32 Å². The van der Waals surface area contributed by atoms with Crippen LogP contribution in [0, 0.1) is 0 Å². The summed E-state index contributed by atoms with van der Waals surface area (Å²) in [5, 5.41) is 4.44. The number of aromatic nitrogens is 2. The highest BCUT2D eigenvalue weighted by Crippen LogP contribution is 2.47. The van der Waals surface area contributed by atoms with E-state index in [-0.39, 0.29) is 11.9 Å². The second-order valence-corrected chi connectivity index (χ2v) is 8.98. The molecule has 1 amide bonds. The van der Waals surface area contributed by atoms with Gasteiger partial charge in [-0.15, -0.1) is 0 Å². The van der Waals surface area contributed by atoms with E-state index >= 15 is 0 Å². The zero-order valence-electron chi connectivity index (χ0n) is 18.9. The van der Waals surface area contributed by atoms with Gasteiger partial charge in [-0.1, -0.05) is 78.9 Å². The van der Waals surface area contributed by atoms with Crippen LogP contribution in [-0.4, -0.2) is 15.9 Å². The van der Waals surface area contributed by atoms with Gasteiger partial charge in [0.15, 0.2) is 0 Å². The Morgan fingerprint density at radius 1 is 0.829 bits per heavy atom. The van der Waals surface area contributed by atoms with E-state index in [2.05, 4.69) is 71.0 Å². The standard InChI is InChI=1S/C31H21N3O/c35-31(23-17-18-32-27-14-6-10-20(23)27)34-30-22-9-3-2-8-21(22)29-24(11-5-12-25(29)30)28-16-15-19-7-1-4-13-26(19)33-28/h1-13,15-18,30H,14H2,(H,34,35). The maximum Gasteiger partial charge on any atom is 0.252 e. The first-order valence-electron chi connectivity index (χ1n) is 11.8. The van der Waals surface area contributed by atoms with Crippen LogP contribution in [0.3, 0.4) is 0 Å². The number of benzene rings is 3. The van der Waals surface area contributed by atoms with Crippen LogP contribution in [0.5, 0.6) is 0 Å². The summed E-state index contributed by atoms with van der Waals surface area (Å²) >= 11 is 0. The molecule has 2 heterocycles. The van der Waals surface area contributed by atoms with Crippen molar-refractivity contribution < 1.29 is 4.79 Å². The van der Waals surface area contributed by atoms with Crippen molar-refractivity contribution in [2.45, 2.75) is 12.5 Å². The molecular weight excluding hydrogens is 430 g/mol. The minimum Gasteiger partial charge on any atom is -0.341 e. The molecule has 1 atom stereocenters. The third kappa shape index (κ3) is 3.11. The molecule has 3 aromatic carbocycles. The van der Waals surface area contributed by atoms with Gasteiger partial charge in [-0.3, -0.25) is 9.78 Å². The molecule has 4 heteroatoms.